The minimum absolute atomic E-state index is 0.0343. The van der Waals surface area contributed by atoms with E-state index >= 15 is 0 Å². The number of hydrogen-bond acceptors (Lipinski definition) is 6. The minimum atomic E-state index is 0.0343. The van der Waals surface area contributed by atoms with E-state index in [0.717, 1.165) is 48.7 Å². The molecule has 2 heterocycles. The highest BCUT2D eigenvalue weighted by Gasteiger charge is 2.26. The van der Waals surface area contributed by atoms with Crippen LogP contribution >= 0.6 is 11.6 Å². The van der Waals surface area contributed by atoms with Crippen LogP contribution in [0.5, 0.6) is 0 Å². The van der Waals surface area contributed by atoms with Gasteiger partial charge in [-0.3, -0.25) is 14.6 Å². The molecule has 1 aliphatic rings. The number of piperazine rings is 1. The van der Waals surface area contributed by atoms with Gasteiger partial charge in [-0.05, 0) is 38.0 Å². The Balaban J connectivity index is 1.20. The Morgan fingerprint density at radius 3 is 2.48 bits per heavy atom. The molecule has 1 fully saturated rings. The molecule has 1 aliphatic heterocycles. The lowest BCUT2D eigenvalue weighted by Gasteiger charge is -2.36. The second-order valence-corrected chi connectivity index (χ2v) is 8.97. The van der Waals surface area contributed by atoms with Gasteiger partial charge in [0.15, 0.2) is 0 Å². The van der Waals surface area contributed by atoms with Crippen LogP contribution in [-0.4, -0.2) is 65.1 Å². The smallest absolute Gasteiger partial charge is 0.244 e. The number of hydrogen-bond donors (Lipinski definition) is 1. The van der Waals surface area contributed by atoms with E-state index in [0.29, 0.717) is 24.8 Å². The van der Waals surface area contributed by atoms with Gasteiger partial charge in [0.05, 0.1) is 12.6 Å². The largest absolute Gasteiger partial charge is 0.355 e. The predicted molar refractivity (Wildman–Crippen MR) is 129 cm³/mol. The normalized spacial score (nSPS) is 16.0. The molecule has 7 nitrogen and oxygen atoms in total. The van der Waals surface area contributed by atoms with Gasteiger partial charge in [-0.1, -0.05) is 58.7 Å². The van der Waals surface area contributed by atoms with Crippen LogP contribution in [-0.2, 0) is 11.2 Å². The highest BCUT2D eigenvalue weighted by molar-refractivity contribution is 6.30. The van der Waals surface area contributed by atoms with E-state index in [1.807, 2.05) is 48.5 Å². The van der Waals surface area contributed by atoms with Crippen molar-refractivity contribution in [2.75, 3.05) is 39.3 Å². The number of aryl methyl sites for hydroxylation is 1. The van der Waals surface area contributed by atoms with Crippen molar-refractivity contribution >= 4 is 17.5 Å². The first-order valence-corrected chi connectivity index (χ1v) is 11.7. The molecule has 4 rings (SSSR count). The molecule has 1 atom stereocenters. The summed E-state index contributed by atoms with van der Waals surface area (Å²) in [7, 11) is 0. The molecule has 2 aromatic carbocycles. The average Bonchev–Trinajstić information content (AvgIpc) is 3.31. The minimum Gasteiger partial charge on any atom is -0.355 e. The third-order valence-corrected chi connectivity index (χ3v) is 6.33. The molecule has 1 N–H and O–H groups in total. The standard InChI is InChI=1S/C25H30ClN5O2/c1-18-3-7-21(8-4-18)24-28-25(33-29-24)19(2)31-15-13-30(14-16-31)17-23(32)27-12-11-20-5-9-22(26)10-6-20/h3-10,19H,11-17H2,1-2H3,(H,27,32). The van der Waals surface area contributed by atoms with Crippen molar-refractivity contribution in [3.8, 4) is 11.4 Å². The Bertz CT molecular complexity index is 1040. The fourth-order valence-corrected chi connectivity index (χ4v) is 4.07. The summed E-state index contributed by atoms with van der Waals surface area (Å²) in [6.07, 6.45) is 0.795. The molecular formula is C25H30ClN5O2. The van der Waals surface area contributed by atoms with E-state index in [2.05, 4.69) is 39.1 Å². The lowest BCUT2D eigenvalue weighted by molar-refractivity contribution is -0.122. The molecule has 174 valence electrons. The Morgan fingerprint density at radius 2 is 1.79 bits per heavy atom. The third-order valence-electron chi connectivity index (χ3n) is 6.08. The maximum atomic E-state index is 12.3. The SMILES string of the molecule is Cc1ccc(-c2noc(C(C)N3CCN(CC(=O)NCCc4ccc(Cl)cc4)CC3)n2)cc1. The van der Waals surface area contributed by atoms with Gasteiger partial charge in [0.1, 0.15) is 0 Å². The lowest BCUT2D eigenvalue weighted by Crippen LogP contribution is -2.50. The van der Waals surface area contributed by atoms with Crippen molar-refractivity contribution in [3.63, 3.8) is 0 Å². The number of aromatic nitrogens is 2. The van der Waals surface area contributed by atoms with Crippen molar-refractivity contribution in [2.45, 2.75) is 26.3 Å². The Hall–Kier alpha value is -2.74. The van der Waals surface area contributed by atoms with Crippen LogP contribution in [0.2, 0.25) is 5.02 Å². The molecule has 0 spiro atoms. The fourth-order valence-electron chi connectivity index (χ4n) is 3.95. The molecule has 1 saturated heterocycles. The van der Waals surface area contributed by atoms with Crippen LogP contribution in [0.3, 0.4) is 0 Å². The molecule has 0 radical (unpaired) electrons. The lowest BCUT2D eigenvalue weighted by atomic mass is 10.1. The summed E-state index contributed by atoms with van der Waals surface area (Å²) in [5.74, 6) is 1.30. The number of halogens is 1. The van der Waals surface area contributed by atoms with Crippen molar-refractivity contribution < 1.29 is 9.32 Å². The van der Waals surface area contributed by atoms with Gasteiger partial charge >= 0.3 is 0 Å². The van der Waals surface area contributed by atoms with Crippen LogP contribution in [0.4, 0.5) is 0 Å². The maximum absolute atomic E-state index is 12.3. The second kappa shape index (κ2) is 10.9. The summed E-state index contributed by atoms with van der Waals surface area (Å²) in [5, 5.41) is 7.90. The number of carbonyl (C=O) groups is 1. The summed E-state index contributed by atoms with van der Waals surface area (Å²) in [5.41, 5.74) is 3.31. The van der Waals surface area contributed by atoms with Gasteiger partial charge in [-0.2, -0.15) is 4.98 Å². The first-order chi connectivity index (χ1) is 16.0. The van der Waals surface area contributed by atoms with Crippen molar-refractivity contribution in [3.05, 3.63) is 70.6 Å². The zero-order chi connectivity index (χ0) is 23.2. The van der Waals surface area contributed by atoms with Gasteiger partial charge in [-0.25, -0.2) is 0 Å². The van der Waals surface area contributed by atoms with E-state index in [-0.39, 0.29) is 11.9 Å². The van der Waals surface area contributed by atoms with Gasteiger partial charge in [0.2, 0.25) is 17.6 Å². The van der Waals surface area contributed by atoms with E-state index < -0.39 is 0 Å². The zero-order valence-corrected chi connectivity index (χ0v) is 19.9. The summed E-state index contributed by atoms with van der Waals surface area (Å²) in [6.45, 7) is 8.54. The third kappa shape index (κ3) is 6.41. The van der Waals surface area contributed by atoms with Gasteiger partial charge < -0.3 is 9.84 Å². The van der Waals surface area contributed by atoms with Crippen LogP contribution in [0.25, 0.3) is 11.4 Å². The van der Waals surface area contributed by atoms with E-state index in [1.54, 1.807) is 0 Å². The molecule has 1 unspecified atom stereocenters. The fraction of sp³-hybridized carbons (Fsp3) is 0.400. The number of nitrogens with zero attached hydrogens (tertiary/aromatic N) is 4. The Kier molecular flexibility index (Phi) is 7.75. The summed E-state index contributed by atoms with van der Waals surface area (Å²) >= 11 is 5.91. The number of benzene rings is 2. The maximum Gasteiger partial charge on any atom is 0.244 e. The van der Waals surface area contributed by atoms with E-state index in [1.165, 1.54) is 5.56 Å². The molecule has 0 aliphatic carbocycles. The van der Waals surface area contributed by atoms with E-state index in [9.17, 15) is 4.79 Å². The Labute approximate surface area is 199 Å². The molecule has 33 heavy (non-hydrogen) atoms. The molecule has 8 heteroatoms. The summed E-state index contributed by atoms with van der Waals surface area (Å²) < 4.78 is 5.56. The highest BCUT2D eigenvalue weighted by Crippen LogP contribution is 2.23. The van der Waals surface area contributed by atoms with Crippen molar-refractivity contribution in [1.29, 1.82) is 0 Å². The first-order valence-electron chi connectivity index (χ1n) is 11.4. The number of amides is 1. The quantitative estimate of drug-likeness (QED) is 0.544. The predicted octanol–water partition coefficient (Wildman–Crippen LogP) is 3.74. The number of nitrogens with one attached hydrogen (secondary N) is 1. The number of carbonyl (C=O) groups excluding carboxylic acids is 1. The van der Waals surface area contributed by atoms with Crippen LogP contribution in [0.1, 0.15) is 30.0 Å². The van der Waals surface area contributed by atoms with Crippen LogP contribution in [0, 0.1) is 6.92 Å². The summed E-state index contributed by atoms with van der Waals surface area (Å²) in [4.78, 5) is 21.4. The van der Waals surface area contributed by atoms with Crippen molar-refractivity contribution in [2.24, 2.45) is 0 Å². The van der Waals surface area contributed by atoms with E-state index in [4.69, 9.17) is 16.1 Å². The molecule has 3 aromatic rings. The average molecular weight is 468 g/mol. The zero-order valence-electron chi connectivity index (χ0n) is 19.1. The monoisotopic (exact) mass is 467 g/mol. The van der Waals surface area contributed by atoms with Crippen LogP contribution < -0.4 is 5.32 Å². The van der Waals surface area contributed by atoms with Crippen LogP contribution in [0.15, 0.2) is 53.1 Å². The number of rotatable bonds is 8. The highest BCUT2D eigenvalue weighted by atomic mass is 35.5. The van der Waals surface area contributed by atoms with Crippen molar-refractivity contribution in [1.82, 2.24) is 25.3 Å². The van der Waals surface area contributed by atoms with Gasteiger partial charge in [0, 0.05) is 43.3 Å². The second-order valence-electron chi connectivity index (χ2n) is 8.54. The first kappa shape index (κ1) is 23.4. The molecule has 0 bridgehead atoms. The van der Waals surface area contributed by atoms with Gasteiger partial charge in [-0.15, -0.1) is 0 Å². The molecule has 0 saturated carbocycles. The molecular weight excluding hydrogens is 438 g/mol. The van der Waals surface area contributed by atoms with Gasteiger partial charge in [0.25, 0.3) is 0 Å². The Morgan fingerprint density at radius 1 is 1.09 bits per heavy atom. The topological polar surface area (TPSA) is 74.5 Å². The molecule has 1 aromatic heterocycles. The summed E-state index contributed by atoms with van der Waals surface area (Å²) in [6, 6.07) is 15.9. The molecule has 1 amide bonds.